The molecule has 0 amide bonds. The van der Waals surface area contributed by atoms with Crippen molar-refractivity contribution in [3.05, 3.63) is 58.1 Å². The minimum absolute atomic E-state index is 0.0411. The first kappa shape index (κ1) is 17.7. The lowest BCUT2D eigenvalue weighted by Crippen LogP contribution is -2.05. The molecule has 9 heteroatoms. The molecule has 0 saturated heterocycles. The predicted octanol–water partition coefficient (Wildman–Crippen LogP) is 4.89. The Labute approximate surface area is 159 Å². The van der Waals surface area contributed by atoms with E-state index < -0.39 is 11.7 Å². The van der Waals surface area contributed by atoms with Crippen molar-refractivity contribution in [3.8, 4) is 22.8 Å². The monoisotopic (exact) mass is 436 g/mol. The smallest absolute Gasteiger partial charge is 0.392 e. The third-order valence-electron chi connectivity index (χ3n) is 4.14. The van der Waals surface area contributed by atoms with Crippen molar-refractivity contribution >= 4 is 27.0 Å². The molecule has 0 atom stereocenters. The molecule has 5 nitrogen and oxygen atoms in total. The first-order valence-corrected chi connectivity index (χ1v) is 8.67. The number of fused-ring (bicyclic) bond motifs is 1. The number of rotatable bonds is 3. The summed E-state index contributed by atoms with van der Waals surface area (Å²) < 4.78 is 39.1. The maximum Gasteiger partial charge on any atom is 0.417 e. The summed E-state index contributed by atoms with van der Waals surface area (Å²) in [5.41, 5.74) is 2.77. The number of hydrogen-bond acceptors (Lipinski definition) is 3. The summed E-state index contributed by atoms with van der Waals surface area (Å²) in [7, 11) is 0. The molecule has 2 aromatic carbocycles. The maximum atomic E-state index is 13.1. The van der Waals surface area contributed by atoms with E-state index in [-0.39, 0.29) is 16.6 Å². The molecule has 0 fully saturated rings. The third kappa shape index (κ3) is 3.35. The Kier molecular flexibility index (Phi) is 4.27. The van der Waals surface area contributed by atoms with Crippen LogP contribution in [0.4, 0.5) is 13.2 Å². The molecule has 0 aliphatic heterocycles. The summed E-state index contributed by atoms with van der Waals surface area (Å²) in [6.07, 6.45) is -4.46. The minimum atomic E-state index is -4.46. The highest BCUT2D eigenvalue weighted by Gasteiger charge is 2.33. The first-order chi connectivity index (χ1) is 12.8. The van der Waals surface area contributed by atoms with Crippen LogP contribution in [0.1, 0.15) is 11.1 Å². The van der Waals surface area contributed by atoms with Crippen molar-refractivity contribution < 1.29 is 18.3 Å². The van der Waals surface area contributed by atoms with Crippen LogP contribution >= 0.6 is 15.9 Å². The lowest BCUT2D eigenvalue weighted by atomic mass is 10.1. The Morgan fingerprint density at radius 1 is 1.07 bits per heavy atom. The van der Waals surface area contributed by atoms with Crippen molar-refractivity contribution in [2.24, 2.45) is 0 Å². The van der Waals surface area contributed by atoms with Crippen LogP contribution in [0.15, 0.2) is 46.9 Å². The van der Waals surface area contributed by atoms with Gasteiger partial charge in [0, 0.05) is 10.0 Å². The second-order valence-electron chi connectivity index (χ2n) is 5.95. The van der Waals surface area contributed by atoms with Gasteiger partial charge in [0.1, 0.15) is 5.69 Å². The van der Waals surface area contributed by atoms with Crippen LogP contribution in [0.25, 0.3) is 33.8 Å². The lowest BCUT2D eigenvalue weighted by molar-refractivity contribution is -0.138. The van der Waals surface area contributed by atoms with E-state index in [0.717, 1.165) is 17.2 Å². The summed E-state index contributed by atoms with van der Waals surface area (Å²) in [5, 5.41) is 16.2. The Hall–Kier alpha value is -2.65. The van der Waals surface area contributed by atoms with E-state index in [0.29, 0.717) is 22.7 Å². The fourth-order valence-corrected chi connectivity index (χ4v) is 3.30. The topological polar surface area (TPSA) is 77.6 Å². The SMILES string of the molecule is OCc1ccc(-c2cc(-c3nc4cc(Br)c(C(F)(F)F)cc4[nH]3)[nH]n2)cc1. The Morgan fingerprint density at radius 2 is 1.81 bits per heavy atom. The van der Waals surface area contributed by atoms with Gasteiger partial charge in [-0.2, -0.15) is 18.3 Å². The highest BCUT2D eigenvalue weighted by Crippen LogP contribution is 2.37. The van der Waals surface area contributed by atoms with E-state index in [1.54, 1.807) is 18.2 Å². The van der Waals surface area contributed by atoms with Gasteiger partial charge in [-0.3, -0.25) is 5.10 Å². The molecule has 4 rings (SSSR count). The normalized spacial score (nSPS) is 12.0. The second-order valence-corrected chi connectivity index (χ2v) is 6.81. The number of aromatic amines is 2. The van der Waals surface area contributed by atoms with Gasteiger partial charge in [-0.25, -0.2) is 4.98 Å². The quantitative estimate of drug-likeness (QED) is 0.427. The molecule has 2 heterocycles. The molecule has 0 bridgehead atoms. The largest absolute Gasteiger partial charge is 0.417 e. The Morgan fingerprint density at radius 3 is 2.48 bits per heavy atom. The van der Waals surface area contributed by atoms with Gasteiger partial charge in [-0.05, 0) is 23.8 Å². The average molecular weight is 437 g/mol. The fraction of sp³-hybridized carbons (Fsp3) is 0.111. The van der Waals surface area contributed by atoms with Gasteiger partial charge in [0.2, 0.25) is 0 Å². The molecule has 3 N–H and O–H groups in total. The number of aliphatic hydroxyl groups is 1. The van der Waals surface area contributed by atoms with Crippen molar-refractivity contribution in [1.29, 1.82) is 0 Å². The molecule has 0 spiro atoms. The summed E-state index contributed by atoms with van der Waals surface area (Å²) in [5.74, 6) is 0.391. The van der Waals surface area contributed by atoms with E-state index in [4.69, 9.17) is 5.11 Å². The van der Waals surface area contributed by atoms with Crippen molar-refractivity contribution in [2.45, 2.75) is 12.8 Å². The molecule has 0 unspecified atom stereocenters. The zero-order chi connectivity index (χ0) is 19.2. The van der Waals surface area contributed by atoms with Crippen molar-refractivity contribution in [1.82, 2.24) is 20.2 Å². The predicted molar refractivity (Wildman–Crippen MR) is 97.7 cm³/mol. The molecule has 0 aliphatic carbocycles. The molecule has 0 aliphatic rings. The average Bonchev–Trinajstić information content (AvgIpc) is 3.26. The van der Waals surface area contributed by atoms with E-state index in [2.05, 4.69) is 36.1 Å². The van der Waals surface area contributed by atoms with Crippen LogP contribution in [0.5, 0.6) is 0 Å². The molecule has 138 valence electrons. The molecular weight excluding hydrogens is 425 g/mol. The van der Waals surface area contributed by atoms with Gasteiger partial charge in [0.15, 0.2) is 5.82 Å². The summed E-state index contributed by atoms with van der Waals surface area (Å²) in [4.78, 5) is 7.24. The van der Waals surface area contributed by atoms with E-state index in [9.17, 15) is 13.2 Å². The molecule has 27 heavy (non-hydrogen) atoms. The van der Waals surface area contributed by atoms with Crippen LogP contribution in [0, 0.1) is 0 Å². The van der Waals surface area contributed by atoms with Crippen LogP contribution < -0.4 is 0 Å². The zero-order valence-corrected chi connectivity index (χ0v) is 15.2. The van der Waals surface area contributed by atoms with Gasteiger partial charge < -0.3 is 10.1 Å². The molecular formula is C18H12BrF3N4O. The van der Waals surface area contributed by atoms with Gasteiger partial charge in [0.05, 0.1) is 28.9 Å². The van der Waals surface area contributed by atoms with E-state index >= 15 is 0 Å². The molecule has 0 saturated carbocycles. The number of H-pyrrole nitrogens is 2. The highest BCUT2D eigenvalue weighted by molar-refractivity contribution is 9.10. The number of nitrogens with zero attached hydrogens (tertiary/aromatic N) is 2. The number of aromatic nitrogens is 4. The van der Waals surface area contributed by atoms with Crippen molar-refractivity contribution in [2.75, 3.05) is 0 Å². The number of halogens is 4. The standard InChI is InChI=1S/C18H12BrF3N4O/c19-12-6-15-14(5-11(12)18(20,21)22)23-17(24-15)16-7-13(25-26-16)10-3-1-9(8-27)2-4-10/h1-7,27H,8H2,(H,23,24)(H,25,26). The molecule has 2 aromatic heterocycles. The number of imidazole rings is 1. The maximum absolute atomic E-state index is 13.1. The zero-order valence-electron chi connectivity index (χ0n) is 13.6. The number of hydrogen-bond donors (Lipinski definition) is 3. The number of alkyl halides is 3. The number of nitrogens with one attached hydrogen (secondary N) is 2. The van der Waals surface area contributed by atoms with Crippen LogP contribution in [0.2, 0.25) is 0 Å². The van der Waals surface area contributed by atoms with Crippen LogP contribution in [-0.4, -0.2) is 25.3 Å². The van der Waals surface area contributed by atoms with Gasteiger partial charge >= 0.3 is 6.18 Å². The number of aliphatic hydroxyl groups excluding tert-OH is 1. The summed E-state index contributed by atoms with van der Waals surface area (Å²) in [6.45, 7) is -0.0411. The third-order valence-corrected chi connectivity index (χ3v) is 4.80. The van der Waals surface area contributed by atoms with Gasteiger partial charge in [-0.1, -0.05) is 40.2 Å². The molecule has 4 aromatic rings. The fourth-order valence-electron chi connectivity index (χ4n) is 2.75. The highest BCUT2D eigenvalue weighted by atomic mass is 79.9. The lowest BCUT2D eigenvalue weighted by Gasteiger charge is -2.08. The second kappa shape index (κ2) is 6.50. The summed E-state index contributed by atoms with van der Waals surface area (Å²) in [6, 6.07) is 11.4. The number of benzene rings is 2. The first-order valence-electron chi connectivity index (χ1n) is 7.87. The van der Waals surface area contributed by atoms with Crippen molar-refractivity contribution in [3.63, 3.8) is 0 Å². The van der Waals surface area contributed by atoms with Gasteiger partial charge in [0.25, 0.3) is 0 Å². The van der Waals surface area contributed by atoms with Crippen LogP contribution in [-0.2, 0) is 12.8 Å². The Bertz CT molecular complexity index is 1120. The summed E-state index contributed by atoms with van der Waals surface area (Å²) >= 11 is 2.95. The van der Waals surface area contributed by atoms with Gasteiger partial charge in [-0.15, -0.1) is 0 Å². The van der Waals surface area contributed by atoms with E-state index in [1.165, 1.54) is 6.07 Å². The van der Waals surface area contributed by atoms with E-state index in [1.807, 2.05) is 12.1 Å². The molecule has 0 radical (unpaired) electrons. The minimum Gasteiger partial charge on any atom is -0.392 e. The Balaban J connectivity index is 1.71. The van der Waals surface area contributed by atoms with Crippen LogP contribution in [0.3, 0.4) is 0 Å².